The second kappa shape index (κ2) is 5.28. The van der Waals surface area contributed by atoms with Gasteiger partial charge in [0.2, 0.25) is 5.43 Å². The maximum atomic E-state index is 15.5. The lowest BCUT2D eigenvalue weighted by Crippen LogP contribution is -2.59. The molecule has 3 aliphatic carbocycles. The molecule has 2 aromatic rings. The van der Waals surface area contributed by atoms with Crippen molar-refractivity contribution >= 4 is 22.6 Å². The van der Waals surface area contributed by atoms with E-state index >= 15 is 4.39 Å². The van der Waals surface area contributed by atoms with Gasteiger partial charge in [0.1, 0.15) is 17.1 Å². The van der Waals surface area contributed by atoms with Crippen molar-refractivity contribution in [2.24, 2.45) is 5.92 Å². The van der Waals surface area contributed by atoms with Crippen LogP contribution in [0.1, 0.15) is 36.0 Å². The standard InChI is InChI=1S/C19H18F2N2O4/c20-13-3-11-15(14(21)16(13)22-2-1-10(24)7-22)23(19-4-9(5-19)6-19)8-12(17(11)25)18(26)27/h3,8-10,24H,1-2,4-7H2,(H,26,27). The van der Waals surface area contributed by atoms with E-state index in [9.17, 15) is 24.2 Å². The van der Waals surface area contributed by atoms with Gasteiger partial charge in [0, 0.05) is 24.8 Å². The number of aromatic carboxylic acids is 1. The summed E-state index contributed by atoms with van der Waals surface area (Å²) in [5.41, 5.74) is -2.05. The first-order chi connectivity index (χ1) is 12.8. The molecule has 2 N–H and O–H groups in total. The Morgan fingerprint density at radius 3 is 2.48 bits per heavy atom. The fraction of sp³-hybridized carbons (Fsp3) is 0.474. The molecule has 1 unspecified atom stereocenters. The summed E-state index contributed by atoms with van der Waals surface area (Å²) in [4.78, 5) is 25.5. The van der Waals surface area contributed by atoms with Gasteiger partial charge in [-0.15, -0.1) is 0 Å². The zero-order chi connectivity index (χ0) is 19.1. The van der Waals surface area contributed by atoms with Crippen LogP contribution in [0.2, 0.25) is 0 Å². The predicted molar refractivity (Wildman–Crippen MR) is 93.2 cm³/mol. The quantitative estimate of drug-likeness (QED) is 0.857. The van der Waals surface area contributed by atoms with Crippen LogP contribution >= 0.6 is 0 Å². The molecule has 27 heavy (non-hydrogen) atoms. The summed E-state index contributed by atoms with van der Waals surface area (Å²) in [6.45, 7) is 0.426. The first-order valence-electron chi connectivity index (χ1n) is 9.05. The molecule has 0 amide bonds. The van der Waals surface area contributed by atoms with Crippen LogP contribution in [-0.2, 0) is 5.54 Å². The fourth-order valence-electron chi connectivity index (χ4n) is 4.89. The van der Waals surface area contributed by atoms with Crippen molar-refractivity contribution in [3.63, 3.8) is 0 Å². The van der Waals surface area contributed by atoms with Gasteiger partial charge in [-0.05, 0) is 37.7 Å². The van der Waals surface area contributed by atoms with Crippen LogP contribution in [-0.4, -0.2) is 39.9 Å². The van der Waals surface area contributed by atoms with Crippen molar-refractivity contribution < 1.29 is 23.8 Å². The van der Waals surface area contributed by atoms with Crippen LogP contribution in [0, 0.1) is 17.6 Å². The van der Waals surface area contributed by atoms with Gasteiger partial charge in [0.25, 0.3) is 0 Å². The van der Waals surface area contributed by atoms with E-state index in [-0.39, 0.29) is 28.7 Å². The van der Waals surface area contributed by atoms with Gasteiger partial charge < -0.3 is 19.7 Å². The summed E-state index contributed by atoms with van der Waals surface area (Å²) < 4.78 is 31.8. The highest BCUT2D eigenvalue weighted by atomic mass is 19.1. The number of aliphatic hydroxyl groups excluding tert-OH is 1. The number of benzene rings is 1. The van der Waals surface area contributed by atoms with E-state index in [0.717, 1.165) is 25.3 Å². The number of nitrogens with zero attached hydrogens (tertiary/aromatic N) is 2. The van der Waals surface area contributed by atoms with Crippen LogP contribution in [0.4, 0.5) is 14.5 Å². The number of carboxylic acids is 1. The van der Waals surface area contributed by atoms with Gasteiger partial charge in [-0.25, -0.2) is 13.6 Å². The van der Waals surface area contributed by atoms with Crippen molar-refractivity contribution in [3.8, 4) is 0 Å². The Bertz CT molecular complexity index is 1050. The van der Waals surface area contributed by atoms with Crippen molar-refractivity contribution in [2.45, 2.75) is 37.3 Å². The van der Waals surface area contributed by atoms with Crippen molar-refractivity contribution in [2.75, 3.05) is 18.0 Å². The molecule has 142 valence electrons. The van der Waals surface area contributed by atoms with Gasteiger partial charge in [0.15, 0.2) is 5.82 Å². The largest absolute Gasteiger partial charge is 0.477 e. The number of aromatic nitrogens is 1. The Labute approximate surface area is 152 Å². The molecule has 0 spiro atoms. The molecule has 2 heterocycles. The Balaban J connectivity index is 1.82. The second-order valence-electron chi connectivity index (χ2n) is 8.06. The monoisotopic (exact) mass is 376 g/mol. The number of hydrogen-bond acceptors (Lipinski definition) is 4. The molecular formula is C19H18F2N2O4. The molecule has 1 aromatic carbocycles. The zero-order valence-electron chi connectivity index (χ0n) is 14.4. The third kappa shape index (κ3) is 2.13. The molecule has 3 saturated carbocycles. The summed E-state index contributed by atoms with van der Waals surface area (Å²) in [5.74, 6) is -2.64. The van der Waals surface area contributed by atoms with E-state index in [2.05, 4.69) is 0 Å². The Hall–Kier alpha value is -2.48. The highest BCUT2D eigenvalue weighted by molar-refractivity contribution is 5.94. The van der Waals surface area contributed by atoms with Gasteiger partial charge in [0.05, 0.1) is 17.0 Å². The first kappa shape index (κ1) is 16.7. The summed E-state index contributed by atoms with van der Waals surface area (Å²) in [6, 6.07) is 0.940. The number of carbonyl (C=O) groups is 1. The molecule has 4 fully saturated rings. The van der Waals surface area contributed by atoms with E-state index < -0.39 is 34.7 Å². The molecule has 6 rings (SSSR count). The number of aliphatic hydroxyl groups is 1. The lowest BCUT2D eigenvalue weighted by atomic mass is 9.49. The highest BCUT2D eigenvalue weighted by Gasteiger charge is 2.58. The second-order valence-corrected chi connectivity index (χ2v) is 8.06. The predicted octanol–water partition coefficient (Wildman–Crippen LogP) is 2.06. The number of carboxylic acid groups (broad SMARTS) is 1. The molecule has 4 aliphatic rings. The Morgan fingerprint density at radius 1 is 1.26 bits per heavy atom. The van der Waals surface area contributed by atoms with E-state index in [1.165, 1.54) is 11.1 Å². The number of β-amino-alcohol motifs (C(OH)–C–C–N with tert-alkyl or cyclic N) is 1. The Morgan fingerprint density at radius 2 is 1.96 bits per heavy atom. The average molecular weight is 376 g/mol. The minimum absolute atomic E-state index is 0.0408. The smallest absolute Gasteiger partial charge is 0.341 e. The Kier molecular flexibility index (Phi) is 3.26. The van der Waals surface area contributed by atoms with Crippen LogP contribution in [0.5, 0.6) is 0 Å². The maximum Gasteiger partial charge on any atom is 0.341 e. The molecule has 1 saturated heterocycles. The normalized spacial score (nSPS) is 28.9. The zero-order valence-corrected chi connectivity index (χ0v) is 14.4. The summed E-state index contributed by atoms with van der Waals surface area (Å²) in [7, 11) is 0. The minimum atomic E-state index is -1.41. The van der Waals surface area contributed by atoms with Crippen molar-refractivity contribution in [1.29, 1.82) is 0 Å². The van der Waals surface area contributed by atoms with Gasteiger partial charge in [-0.2, -0.15) is 0 Å². The van der Waals surface area contributed by atoms with Crippen LogP contribution in [0.25, 0.3) is 10.9 Å². The van der Waals surface area contributed by atoms with Crippen LogP contribution < -0.4 is 10.3 Å². The number of anilines is 1. The third-order valence-corrected chi connectivity index (χ3v) is 6.38. The molecule has 1 aromatic heterocycles. The SMILES string of the molecule is O=C(O)c1cn(C23CC(C2)C3)c2c(F)c(N3CCC(O)C3)c(F)cc2c1=O. The van der Waals surface area contributed by atoms with E-state index in [0.29, 0.717) is 18.9 Å². The number of rotatable bonds is 3. The van der Waals surface area contributed by atoms with Crippen molar-refractivity contribution in [3.05, 3.63) is 39.7 Å². The minimum Gasteiger partial charge on any atom is -0.477 e. The number of pyridine rings is 1. The van der Waals surface area contributed by atoms with Crippen LogP contribution in [0.15, 0.2) is 17.1 Å². The summed E-state index contributed by atoms with van der Waals surface area (Å²) in [5, 5.41) is 18.9. The van der Waals surface area contributed by atoms with Crippen molar-refractivity contribution in [1.82, 2.24) is 4.57 Å². The number of fused-ring (bicyclic) bond motifs is 1. The maximum absolute atomic E-state index is 15.5. The van der Waals surface area contributed by atoms with Gasteiger partial charge in [-0.3, -0.25) is 4.79 Å². The molecule has 1 aliphatic heterocycles. The van der Waals surface area contributed by atoms with E-state index in [1.807, 2.05) is 0 Å². The van der Waals surface area contributed by atoms with Gasteiger partial charge >= 0.3 is 5.97 Å². The first-order valence-corrected chi connectivity index (χ1v) is 9.05. The molecule has 0 radical (unpaired) electrons. The molecule has 6 nitrogen and oxygen atoms in total. The molecule has 8 heteroatoms. The highest BCUT2D eigenvalue weighted by Crippen LogP contribution is 2.63. The molecule has 2 bridgehead atoms. The van der Waals surface area contributed by atoms with E-state index in [4.69, 9.17) is 0 Å². The average Bonchev–Trinajstić information content (AvgIpc) is 2.92. The topological polar surface area (TPSA) is 82.8 Å². The fourth-order valence-corrected chi connectivity index (χ4v) is 4.89. The van der Waals surface area contributed by atoms with E-state index in [1.54, 1.807) is 4.57 Å². The van der Waals surface area contributed by atoms with Crippen LogP contribution in [0.3, 0.4) is 0 Å². The lowest BCUT2D eigenvalue weighted by molar-refractivity contribution is -0.0863. The number of halogens is 2. The molecule has 1 atom stereocenters. The third-order valence-electron chi connectivity index (χ3n) is 6.38. The lowest BCUT2D eigenvalue weighted by Gasteiger charge is -2.63. The number of hydrogen-bond donors (Lipinski definition) is 2. The summed E-state index contributed by atoms with van der Waals surface area (Å²) >= 11 is 0. The molecular weight excluding hydrogens is 358 g/mol. The van der Waals surface area contributed by atoms with Gasteiger partial charge in [-0.1, -0.05) is 0 Å². The summed E-state index contributed by atoms with van der Waals surface area (Å²) in [6.07, 6.45) is 3.38.